The molecular formula is C14H12F3N3O. The van der Waals surface area contributed by atoms with Gasteiger partial charge in [0.25, 0.3) is 5.91 Å². The molecule has 0 aliphatic rings. The number of hydrogen-bond donors (Lipinski definition) is 2. The number of amides is 1. The first-order valence-electron chi connectivity index (χ1n) is 5.98. The summed E-state index contributed by atoms with van der Waals surface area (Å²) in [6.45, 7) is 1.67. The van der Waals surface area contributed by atoms with Gasteiger partial charge in [-0.3, -0.25) is 9.78 Å². The van der Waals surface area contributed by atoms with Crippen LogP contribution in [-0.2, 0) is 6.18 Å². The summed E-state index contributed by atoms with van der Waals surface area (Å²) < 4.78 is 38.0. The van der Waals surface area contributed by atoms with E-state index >= 15 is 0 Å². The molecule has 0 atom stereocenters. The van der Waals surface area contributed by atoms with Crippen LogP contribution in [0.25, 0.3) is 0 Å². The van der Waals surface area contributed by atoms with E-state index in [-0.39, 0.29) is 11.3 Å². The van der Waals surface area contributed by atoms with Crippen molar-refractivity contribution in [2.75, 3.05) is 11.1 Å². The van der Waals surface area contributed by atoms with Crippen molar-refractivity contribution in [3.8, 4) is 0 Å². The summed E-state index contributed by atoms with van der Waals surface area (Å²) in [5.74, 6) is -0.713. The number of nitrogens with zero attached hydrogens (tertiary/aromatic N) is 1. The van der Waals surface area contributed by atoms with Crippen LogP contribution in [0.4, 0.5) is 24.5 Å². The molecule has 110 valence electrons. The third kappa shape index (κ3) is 3.31. The van der Waals surface area contributed by atoms with Crippen molar-refractivity contribution in [2.24, 2.45) is 0 Å². The number of benzene rings is 1. The van der Waals surface area contributed by atoms with E-state index in [0.29, 0.717) is 11.4 Å². The molecular weight excluding hydrogens is 283 g/mol. The molecule has 0 bridgehead atoms. The molecule has 1 aromatic heterocycles. The molecule has 3 N–H and O–H groups in total. The van der Waals surface area contributed by atoms with Gasteiger partial charge in [-0.05, 0) is 37.3 Å². The average Bonchev–Trinajstić information content (AvgIpc) is 2.40. The fraction of sp³-hybridized carbons (Fsp3) is 0.143. The molecule has 1 heterocycles. The number of halogens is 3. The Morgan fingerprint density at radius 1 is 1.29 bits per heavy atom. The van der Waals surface area contributed by atoms with Gasteiger partial charge in [-0.1, -0.05) is 0 Å². The molecule has 2 rings (SSSR count). The maximum atomic E-state index is 12.7. The molecule has 1 aromatic carbocycles. The third-order valence-corrected chi connectivity index (χ3v) is 2.88. The van der Waals surface area contributed by atoms with Crippen molar-refractivity contribution in [2.45, 2.75) is 13.1 Å². The molecule has 0 aliphatic heterocycles. The summed E-state index contributed by atoms with van der Waals surface area (Å²) in [5, 5.41) is 2.50. The molecule has 0 unspecified atom stereocenters. The van der Waals surface area contributed by atoms with Gasteiger partial charge in [0, 0.05) is 11.9 Å². The second-order valence-electron chi connectivity index (χ2n) is 4.39. The van der Waals surface area contributed by atoms with Crippen LogP contribution in [0.2, 0.25) is 0 Å². The highest BCUT2D eigenvalue weighted by Crippen LogP contribution is 2.31. The van der Waals surface area contributed by atoms with E-state index in [4.69, 9.17) is 5.73 Å². The van der Waals surface area contributed by atoms with Gasteiger partial charge in [0.2, 0.25) is 0 Å². The van der Waals surface area contributed by atoms with E-state index in [2.05, 4.69) is 10.3 Å². The normalized spacial score (nSPS) is 11.2. The van der Waals surface area contributed by atoms with E-state index in [1.807, 2.05) is 0 Å². The number of aromatic nitrogens is 1. The Balaban J connectivity index is 2.33. The molecule has 0 saturated carbocycles. The largest absolute Gasteiger partial charge is 0.416 e. The standard InChI is InChI=1S/C14H12F3N3O/c1-8-12(3-2-6-19-8)20-13(21)10-7-9(14(15,16)17)4-5-11(10)18/h2-7H,18H2,1H3,(H,20,21). The van der Waals surface area contributed by atoms with Gasteiger partial charge in [0.1, 0.15) is 0 Å². The molecule has 1 amide bonds. The zero-order valence-electron chi connectivity index (χ0n) is 11.0. The zero-order valence-corrected chi connectivity index (χ0v) is 11.0. The van der Waals surface area contributed by atoms with Gasteiger partial charge in [-0.25, -0.2) is 0 Å². The lowest BCUT2D eigenvalue weighted by molar-refractivity contribution is -0.137. The van der Waals surface area contributed by atoms with Crippen LogP contribution >= 0.6 is 0 Å². The second-order valence-corrected chi connectivity index (χ2v) is 4.39. The number of nitrogen functional groups attached to an aromatic ring is 1. The monoisotopic (exact) mass is 295 g/mol. The Morgan fingerprint density at radius 3 is 2.62 bits per heavy atom. The van der Waals surface area contributed by atoms with E-state index in [0.717, 1.165) is 18.2 Å². The van der Waals surface area contributed by atoms with Gasteiger partial charge in [-0.15, -0.1) is 0 Å². The summed E-state index contributed by atoms with van der Waals surface area (Å²) in [6, 6.07) is 5.84. The number of nitrogens with one attached hydrogen (secondary N) is 1. The number of carbonyl (C=O) groups excluding carboxylic acids is 1. The van der Waals surface area contributed by atoms with Gasteiger partial charge < -0.3 is 11.1 Å². The second kappa shape index (κ2) is 5.43. The van der Waals surface area contributed by atoms with E-state index in [9.17, 15) is 18.0 Å². The maximum Gasteiger partial charge on any atom is 0.416 e. The fourth-order valence-electron chi connectivity index (χ4n) is 1.74. The zero-order chi connectivity index (χ0) is 15.6. The van der Waals surface area contributed by atoms with Crippen molar-refractivity contribution in [3.63, 3.8) is 0 Å². The molecule has 21 heavy (non-hydrogen) atoms. The Labute approximate surface area is 118 Å². The topological polar surface area (TPSA) is 68.0 Å². The lowest BCUT2D eigenvalue weighted by atomic mass is 10.1. The van der Waals surface area contributed by atoms with Crippen molar-refractivity contribution in [1.29, 1.82) is 0 Å². The van der Waals surface area contributed by atoms with Crippen LogP contribution in [0, 0.1) is 6.92 Å². The number of aryl methyl sites for hydroxylation is 1. The number of anilines is 2. The lowest BCUT2D eigenvalue weighted by Crippen LogP contribution is -2.16. The van der Waals surface area contributed by atoms with Crippen LogP contribution in [0.1, 0.15) is 21.6 Å². The summed E-state index contributed by atoms with van der Waals surface area (Å²) in [4.78, 5) is 16.1. The quantitative estimate of drug-likeness (QED) is 0.836. The van der Waals surface area contributed by atoms with Gasteiger partial charge in [-0.2, -0.15) is 13.2 Å². The third-order valence-electron chi connectivity index (χ3n) is 2.88. The molecule has 0 spiro atoms. The molecule has 0 fully saturated rings. The maximum absolute atomic E-state index is 12.7. The van der Waals surface area contributed by atoms with Crippen molar-refractivity contribution >= 4 is 17.3 Å². The Kier molecular flexibility index (Phi) is 3.84. The first-order valence-corrected chi connectivity index (χ1v) is 5.98. The number of carbonyl (C=O) groups is 1. The minimum atomic E-state index is -4.53. The smallest absolute Gasteiger partial charge is 0.398 e. The van der Waals surface area contributed by atoms with Gasteiger partial charge in [0.15, 0.2) is 0 Å². The lowest BCUT2D eigenvalue weighted by Gasteiger charge is -2.12. The number of hydrogen-bond acceptors (Lipinski definition) is 3. The summed E-state index contributed by atoms with van der Waals surface area (Å²) in [5.41, 5.74) is 5.37. The molecule has 0 radical (unpaired) electrons. The van der Waals surface area contributed by atoms with E-state index < -0.39 is 17.6 Å². The van der Waals surface area contributed by atoms with Crippen LogP contribution in [0.5, 0.6) is 0 Å². The molecule has 0 saturated heterocycles. The fourth-order valence-corrected chi connectivity index (χ4v) is 1.74. The Bertz CT molecular complexity index is 683. The molecule has 2 aromatic rings. The first kappa shape index (κ1) is 14.8. The number of nitrogens with two attached hydrogens (primary N) is 1. The van der Waals surface area contributed by atoms with Crippen LogP contribution < -0.4 is 11.1 Å². The highest BCUT2D eigenvalue weighted by molar-refractivity contribution is 6.08. The molecule has 0 aliphatic carbocycles. The number of rotatable bonds is 2. The minimum absolute atomic E-state index is 0.0259. The Hall–Kier alpha value is -2.57. The van der Waals surface area contributed by atoms with Crippen LogP contribution in [-0.4, -0.2) is 10.9 Å². The predicted octanol–water partition coefficient (Wildman–Crippen LogP) is 3.24. The van der Waals surface area contributed by atoms with Crippen LogP contribution in [0.15, 0.2) is 36.5 Å². The molecule has 4 nitrogen and oxygen atoms in total. The SMILES string of the molecule is Cc1ncccc1NC(=O)c1cc(C(F)(F)F)ccc1N. The van der Waals surface area contributed by atoms with Crippen molar-refractivity contribution < 1.29 is 18.0 Å². The van der Waals surface area contributed by atoms with E-state index in [1.165, 1.54) is 0 Å². The predicted molar refractivity (Wildman–Crippen MR) is 72.8 cm³/mol. The van der Waals surface area contributed by atoms with Crippen molar-refractivity contribution in [3.05, 3.63) is 53.3 Å². The number of alkyl halides is 3. The highest BCUT2D eigenvalue weighted by Gasteiger charge is 2.31. The minimum Gasteiger partial charge on any atom is -0.398 e. The van der Waals surface area contributed by atoms with Crippen LogP contribution in [0.3, 0.4) is 0 Å². The summed E-state index contributed by atoms with van der Waals surface area (Å²) in [7, 11) is 0. The Morgan fingerprint density at radius 2 is 2.00 bits per heavy atom. The molecule has 7 heteroatoms. The number of pyridine rings is 1. The van der Waals surface area contributed by atoms with Crippen molar-refractivity contribution in [1.82, 2.24) is 4.98 Å². The highest BCUT2D eigenvalue weighted by atomic mass is 19.4. The van der Waals surface area contributed by atoms with E-state index in [1.54, 1.807) is 25.3 Å². The summed E-state index contributed by atoms with van der Waals surface area (Å²) in [6.07, 6.45) is -2.99. The first-order chi connectivity index (χ1) is 9.79. The van der Waals surface area contributed by atoms with Gasteiger partial charge in [0.05, 0.1) is 22.5 Å². The average molecular weight is 295 g/mol. The summed E-state index contributed by atoms with van der Waals surface area (Å²) >= 11 is 0. The van der Waals surface area contributed by atoms with Gasteiger partial charge >= 0.3 is 6.18 Å².